The lowest BCUT2D eigenvalue weighted by Crippen LogP contribution is -2.42. The van der Waals surface area contributed by atoms with Gasteiger partial charge in [0.15, 0.2) is 11.7 Å². The summed E-state index contributed by atoms with van der Waals surface area (Å²) in [5, 5.41) is 6.61. The number of hydrogen-bond donors (Lipinski definition) is 3. The number of likely N-dealkylation sites (tertiary alicyclic amines) is 1. The number of guanidine groups is 1. The van der Waals surface area contributed by atoms with Crippen LogP contribution in [0.1, 0.15) is 40.8 Å². The number of methoxy groups -OCH3 is 1. The molecule has 0 saturated carbocycles. The Morgan fingerprint density at radius 2 is 1.90 bits per heavy atom. The van der Waals surface area contributed by atoms with Crippen molar-refractivity contribution in [3.05, 3.63) is 53.5 Å². The van der Waals surface area contributed by atoms with Crippen molar-refractivity contribution in [2.75, 3.05) is 33.8 Å². The van der Waals surface area contributed by atoms with Crippen molar-refractivity contribution in [1.82, 2.24) is 15.5 Å². The van der Waals surface area contributed by atoms with Crippen LogP contribution in [0, 0.1) is 0 Å². The topological polar surface area (TPSA) is 105 Å². The third-order valence-corrected chi connectivity index (χ3v) is 5.10. The van der Waals surface area contributed by atoms with E-state index in [2.05, 4.69) is 32.7 Å². The fourth-order valence-electron chi connectivity index (χ4n) is 3.53. The number of carbonyl (C=O) groups excluding carboxylic acids is 1. The molecule has 1 unspecified atom stereocenters. The maximum absolute atomic E-state index is 11.1. The molecule has 1 saturated heterocycles. The summed E-state index contributed by atoms with van der Waals surface area (Å²) in [6.07, 6.45) is 2.45. The zero-order valence-corrected chi connectivity index (χ0v) is 19.7. The lowest BCUT2D eigenvalue weighted by Gasteiger charge is -2.29. The van der Waals surface area contributed by atoms with Gasteiger partial charge in [-0.1, -0.05) is 12.1 Å². The Hall–Kier alpha value is -2.27. The average Bonchev–Trinajstić information content (AvgIpc) is 3.43. The van der Waals surface area contributed by atoms with Gasteiger partial charge in [0.05, 0.1) is 19.7 Å². The maximum atomic E-state index is 11.1. The second-order valence-corrected chi connectivity index (χ2v) is 6.97. The predicted octanol–water partition coefficient (Wildman–Crippen LogP) is 2.51. The van der Waals surface area contributed by atoms with Crippen LogP contribution in [0.3, 0.4) is 0 Å². The normalized spacial score (nSPS) is 15.3. The van der Waals surface area contributed by atoms with Crippen LogP contribution in [0.25, 0.3) is 0 Å². The fraction of sp³-hybridized carbons (Fsp3) is 0.429. The summed E-state index contributed by atoms with van der Waals surface area (Å²) in [5.74, 6) is 1.71. The molecule has 3 rings (SSSR count). The van der Waals surface area contributed by atoms with Crippen LogP contribution in [-0.4, -0.2) is 50.6 Å². The Balaban J connectivity index is 0.00000320. The minimum Gasteiger partial charge on any atom is -0.497 e. The molecule has 164 valence electrons. The predicted molar refractivity (Wildman–Crippen MR) is 127 cm³/mol. The van der Waals surface area contributed by atoms with Crippen molar-refractivity contribution < 1.29 is 13.9 Å². The van der Waals surface area contributed by atoms with Crippen LogP contribution in [-0.2, 0) is 6.54 Å². The Kier molecular flexibility index (Phi) is 9.44. The second-order valence-electron chi connectivity index (χ2n) is 6.97. The molecule has 0 radical (unpaired) electrons. The van der Waals surface area contributed by atoms with E-state index in [-0.39, 0.29) is 35.8 Å². The zero-order chi connectivity index (χ0) is 20.6. The molecule has 8 nitrogen and oxygen atoms in total. The highest BCUT2D eigenvalue weighted by Crippen LogP contribution is 2.26. The standard InChI is InChI=1S/C21H29N5O3.HI/c1-23-21(24-13-17-9-10-19(29-17)20(22)27)25-14-18(26-11-3-4-12-26)15-5-7-16(28-2)8-6-15;/h5-10,18H,3-4,11-14H2,1-2H3,(H2,22,27)(H2,23,24,25);1H. The number of nitrogens with zero attached hydrogens (tertiary/aromatic N) is 2. The van der Waals surface area contributed by atoms with E-state index in [1.54, 1.807) is 26.3 Å². The molecule has 1 amide bonds. The fourth-order valence-corrected chi connectivity index (χ4v) is 3.53. The van der Waals surface area contributed by atoms with Gasteiger partial charge in [0, 0.05) is 13.6 Å². The van der Waals surface area contributed by atoms with Crippen LogP contribution in [0.2, 0.25) is 0 Å². The van der Waals surface area contributed by atoms with E-state index in [4.69, 9.17) is 14.9 Å². The van der Waals surface area contributed by atoms with Crippen LogP contribution in [0.4, 0.5) is 0 Å². The first kappa shape index (κ1) is 24.0. The summed E-state index contributed by atoms with van der Waals surface area (Å²) in [5.41, 5.74) is 6.47. The molecule has 1 aromatic heterocycles. The Morgan fingerprint density at radius 1 is 1.20 bits per heavy atom. The first-order valence-electron chi connectivity index (χ1n) is 9.81. The lowest BCUT2D eigenvalue weighted by atomic mass is 10.1. The van der Waals surface area contributed by atoms with Gasteiger partial charge in [0.1, 0.15) is 11.5 Å². The first-order valence-corrected chi connectivity index (χ1v) is 9.81. The minimum absolute atomic E-state index is 0. The number of furan rings is 1. The van der Waals surface area contributed by atoms with E-state index in [1.165, 1.54) is 18.4 Å². The zero-order valence-electron chi connectivity index (χ0n) is 17.4. The Morgan fingerprint density at radius 3 is 2.47 bits per heavy atom. The molecule has 0 bridgehead atoms. The van der Waals surface area contributed by atoms with Crippen molar-refractivity contribution in [3.8, 4) is 5.75 Å². The molecular formula is C21H30IN5O3. The van der Waals surface area contributed by atoms with Crippen LogP contribution in [0.5, 0.6) is 5.75 Å². The summed E-state index contributed by atoms with van der Waals surface area (Å²) in [6, 6.07) is 11.8. The smallest absolute Gasteiger partial charge is 0.284 e. The molecule has 9 heteroatoms. The van der Waals surface area contributed by atoms with Crippen molar-refractivity contribution in [2.24, 2.45) is 10.7 Å². The van der Waals surface area contributed by atoms with Crippen molar-refractivity contribution in [3.63, 3.8) is 0 Å². The number of amides is 1. The van der Waals surface area contributed by atoms with Crippen LogP contribution >= 0.6 is 24.0 Å². The van der Waals surface area contributed by atoms with E-state index >= 15 is 0 Å². The van der Waals surface area contributed by atoms with E-state index in [1.807, 2.05) is 12.1 Å². The van der Waals surface area contributed by atoms with Gasteiger partial charge >= 0.3 is 0 Å². The monoisotopic (exact) mass is 527 g/mol. The number of benzene rings is 1. The molecule has 0 aliphatic carbocycles. The summed E-state index contributed by atoms with van der Waals surface area (Å²) >= 11 is 0. The van der Waals surface area contributed by atoms with Crippen LogP contribution in [0.15, 0.2) is 45.8 Å². The molecule has 2 heterocycles. The molecule has 1 aliphatic rings. The van der Waals surface area contributed by atoms with Gasteiger partial charge in [-0.2, -0.15) is 0 Å². The van der Waals surface area contributed by atoms with Crippen molar-refractivity contribution in [1.29, 1.82) is 0 Å². The highest BCUT2D eigenvalue weighted by atomic mass is 127. The summed E-state index contributed by atoms with van der Waals surface area (Å²) in [6.45, 7) is 3.31. The van der Waals surface area contributed by atoms with Gasteiger partial charge in [-0.25, -0.2) is 0 Å². The van der Waals surface area contributed by atoms with E-state index in [9.17, 15) is 4.79 Å². The quantitative estimate of drug-likeness (QED) is 0.277. The molecule has 1 aromatic carbocycles. The highest BCUT2D eigenvalue weighted by molar-refractivity contribution is 14.0. The molecule has 2 aromatic rings. The van der Waals surface area contributed by atoms with Crippen molar-refractivity contribution in [2.45, 2.75) is 25.4 Å². The number of primary amides is 1. The highest BCUT2D eigenvalue weighted by Gasteiger charge is 2.23. The second kappa shape index (κ2) is 11.8. The first-order chi connectivity index (χ1) is 14.1. The molecule has 30 heavy (non-hydrogen) atoms. The number of carbonyl (C=O) groups is 1. The Labute approximate surface area is 194 Å². The van der Waals surface area contributed by atoms with Gasteiger partial charge < -0.3 is 25.5 Å². The number of hydrogen-bond acceptors (Lipinski definition) is 5. The Bertz CT molecular complexity index is 831. The van der Waals surface area contributed by atoms with Gasteiger partial charge in [-0.15, -0.1) is 24.0 Å². The third kappa shape index (κ3) is 6.36. The number of ether oxygens (including phenoxy) is 1. The van der Waals surface area contributed by atoms with E-state index in [0.29, 0.717) is 18.3 Å². The molecule has 4 N–H and O–H groups in total. The van der Waals surface area contributed by atoms with E-state index < -0.39 is 5.91 Å². The number of nitrogens with two attached hydrogens (primary N) is 1. The van der Waals surface area contributed by atoms with Gasteiger partial charge in [-0.3, -0.25) is 14.7 Å². The van der Waals surface area contributed by atoms with Crippen molar-refractivity contribution >= 4 is 35.8 Å². The molecular weight excluding hydrogens is 497 g/mol. The average molecular weight is 527 g/mol. The van der Waals surface area contributed by atoms with E-state index in [0.717, 1.165) is 25.4 Å². The van der Waals surface area contributed by atoms with Gasteiger partial charge in [0.25, 0.3) is 5.91 Å². The summed E-state index contributed by atoms with van der Waals surface area (Å²) < 4.78 is 10.7. The summed E-state index contributed by atoms with van der Waals surface area (Å²) in [7, 11) is 3.40. The SMILES string of the molecule is CN=C(NCc1ccc(C(N)=O)o1)NCC(c1ccc(OC)cc1)N1CCCC1.I. The van der Waals surface area contributed by atoms with Crippen LogP contribution < -0.4 is 21.1 Å². The summed E-state index contributed by atoms with van der Waals surface area (Å²) in [4.78, 5) is 17.9. The van der Waals surface area contributed by atoms with Gasteiger partial charge in [0.2, 0.25) is 0 Å². The largest absolute Gasteiger partial charge is 0.497 e. The number of nitrogens with one attached hydrogen (secondary N) is 2. The maximum Gasteiger partial charge on any atom is 0.284 e. The molecule has 1 fully saturated rings. The lowest BCUT2D eigenvalue weighted by molar-refractivity contribution is 0.0972. The minimum atomic E-state index is -0.577. The molecule has 1 aliphatic heterocycles. The third-order valence-electron chi connectivity index (χ3n) is 5.10. The molecule has 0 spiro atoms. The van der Waals surface area contributed by atoms with Gasteiger partial charge in [-0.05, 0) is 55.8 Å². The molecule has 1 atom stereocenters. The number of aliphatic imine (C=N–C) groups is 1. The number of halogens is 1. The number of rotatable bonds is 8.